The molecule has 1 unspecified atom stereocenters. The second-order valence-electron chi connectivity index (χ2n) is 4.76. The number of halogens is 1. The van der Waals surface area contributed by atoms with E-state index in [0.29, 0.717) is 5.56 Å². The zero-order chi connectivity index (χ0) is 15.8. The van der Waals surface area contributed by atoms with Gasteiger partial charge in [-0.1, -0.05) is 0 Å². The van der Waals surface area contributed by atoms with Crippen molar-refractivity contribution in [2.24, 2.45) is 0 Å². The van der Waals surface area contributed by atoms with Crippen LogP contribution >= 0.6 is 6.73 Å². The SMILES string of the molecule is Cc1cn([C@H]2C[C@H](NP(O)(F)=S)[C@@H](CO)O2)c(=O)[nH]c1=O. The van der Waals surface area contributed by atoms with Crippen LogP contribution in [-0.4, -0.2) is 38.3 Å². The molecule has 0 amide bonds. The molecule has 118 valence electrons. The fraction of sp³-hybridized carbons (Fsp3) is 0.600. The largest absolute Gasteiger partial charge is 0.394 e. The van der Waals surface area contributed by atoms with E-state index < -0.39 is 43.0 Å². The number of H-pyrrole nitrogens is 1. The topological polar surface area (TPSA) is 117 Å². The number of aromatic nitrogens is 2. The van der Waals surface area contributed by atoms with E-state index in [0.717, 1.165) is 4.57 Å². The summed E-state index contributed by atoms with van der Waals surface area (Å²) in [7, 11) is 0. The molecular formula is C10H15FN3O5PS. The van der Waals surface area contributed by atoms with Crippen molar-refractivity contribution >= 4 is 18.5 Å². The predicted octanol–water partition coefficient (Wildman–Crippen LogP) is -0.731. The summed E-state index contributed by atoms with van der Waals surface area (Å²) in [6.07, 6.45) is -0.185. The fourth-order valence-corrected chi connectivity index (χ4v) is 3.30. The van der Waals surface area contributed by atoms with Crippen molar-refractivity contribution in [1.82, 2.24) is 14.6 Å². The molecule has 1 aliphatic rings. The van der Waals surface area contributed by atoms with Crippen molar-refractivity contribution in [3.8, 4) is 0 Å². The molecule has 0 bridgehead atoms. The fourth-order valence-electron chi connectivity index (χ4n) is 2.21. The molecule has 2 rings (SSSR count). The molecule has 4 atom stereocenters. The molecule has 11 heteroatoms. The lowest BCUT2D eigenvalue weighted by atomic mass is 10.1. The zero-order valence-corrected chi connectivity index (χ0v) is 12.7. The van der Waals surface area contributed by atoms with E-state index in [-0.39, 0.29) is 6.42 Å². The number of nitrogens with zero attached hydrogens (tertiary/aromatic N) is 1. The van der Waals surface area contributed by atoms with Crippen molar-refractivity contribution < 1.29 is 18.9 Å². The molecule has 1 aromatic rings. The van der Waals surface area contributed by atoms with E-state index in [1.807, 2.05) is 0 Å². The van der Waals surface area contributed by atoms with E-state index >= 15 is 0 Å². The Morgan fingerprint density at radius 3 is 2.90 bits per heavy atom. The van der Waals surface area contributed by atoms with Gasteiger partial charge in [0.15, 0.2) is 0 Å². The van der Waals surface area contributed by atoms with Gasteiger partial charge in [0.1, 0.15) is 6.23 Å². The maximum Gasteiger partial charge on any atom is 0.330 e. The predicted molar refractivity (Wildman–Crippen MR) is 76.2 cm³/mol. The van der Waals surface area contributed by atoms with Crippen LogP contribution in [0, 0.1) is 6.92 Å². The van der Waals surface area contributed by atoms with Crippen LogP contribution in [0.3, 0.4) is 0 Å². The van der Waals surface area contributed by atoms with Crippen molar-refractivity contribution in [2.45, 2.75) is 31.7 Å². The summed E-state index contributed by atoms with van der Waals surface area (Å²) >= 11 is 4.28. The van der Waals surface area contributed by atoms with Gasteiger partial charge in [0.25, 0.3) is 12.3 Å². The molecule has 1 fully saturated rings. The van der Waals surface area contributed by atoms with Crippen molar-refractivity contribution in [2.75, 3.05) is 6.61 Å². The van der Waals surface area contributed by atoms with E-state index in [9.17, 15) is 18.9 Å². The summed E-state index contributed by atoms with van der Waals surface area (Å²) in [4.78, 5) is 34.3. The van der Waals surface area contributed by atoms with Gasteiger partial charge in [-0.2, -0.15) is 4.20 Å². The second kappa shape index (κ2) is 6.07. The normalized spacial score (nSPS) is 28.5. The molecule has 0 aromatic carbocycles. The van der Waals surface area contributed by atoms with Gasteiger partial charge in [-0.15, -0.1) is 0 Å². The van der Waals surface area contributed by atoms with Crippen LogP contribution in [0.1, 0.15) is 18.2 Å². The lowest BCUT2D eigenvalue weighted by Crippen LogP contribution is -2.35. The van der Waals surface area contributed by atoms with E-state index in [1.54, 1.807) is 0 Å². The molecule has 8 nitrogen and oxygen atoms in total. The molecular weight excluding hydrogens is 324 g/mol. The number of hydrogen-bond donors (Lipinski definition) is 4. The average molecular weight is 339 g/mol. The zero-order valence-electron chi connectivity index (χ0n) is 11.0. The van der Waals surface area contributed by atoms with Crippen LogP contribution in [0.25, 0.3) is 0 Å². The van der Waals surface area contributed by atoms with Gasteiger partial charge in [-0.25, -0.2) is 9.88 Å². The Bertz CT molecular complexity index is 686. The molecule has 4 N–H and O–H groups in total. The first-order valence-electron chi connectivity index (χ1n) is 6.10. The number of aliphatic hydroxyl groups excluding tert-OH is 1. The Morgan fingerprint density at radius 2 is 2.33 bits per heavy atom. The number of hydrogen-bond acceptors (Lipinski definition) is 5. The Balaban J connectivity index is 2.27. The number of nitrogens with one attached hydrogen (secondary N) is 2. The minimum Gasteiger partial charge on any atom is -0.394 e. The van der Waals surface area contributed by atoms with Gasteiger partial charge in [0, 0.05) is 24.2 Å². The average Bonchev–Trinajstić information content (AvgIpc) is 2.74. The molecule has 2 heterocycles. The maximum absolute atomic E-state index is 13.2. The van der Waals surface area contributed by atoms with Crippen molar-refractivity contribution in [3.63, 3.8) is 0 Å². The minimum atomic E-state index is -4.17. The van der Waals surface area contributed by atoms with E-state index in [2.05, 4.69) is 21.9 Å². The maximum atomic E-state index is 13.2. The number of rotatable bonds is 4. The monoisotopic (exact) mass is 339 g/mol. The molecule has 0 aliphatic carbocycles. The standard InChI is InChI=1S/C10H15FN3O5PS/c1-5-3-14(10(17)12-9(5)16)8-2-6(7(4-15)19-8)13-20(11,18)21/h3,6-8,15H,2,4H2,1H3,(H,12,16,17)(H2,13,18,21)/t6-,7+,8+,20?/m0/s1. The Hall–Kier alpha value is -0.900. The number of ether oxygens (including phenoxy) is 1. The van der Waals surface area contributed by atoms with Gasteiger partial charge >= 0.3 is 5.69 Å². The van der Waals surface area contributed by atoms with Gasteiger partial charge in [-0.3, -0.25) is 14.3 Å². The molecule has 1 aliphatic heterocycles. The summed E-state index contributed by atoms with van der Waals surface area (Å²) in [5, 5.41) is 11.4. The third-order valence-electron chi connectivity index (χ3n) is 3.20. The molecule has 0 spiro atoms. The summed E-state index contributed by atoms with van der Waals surface area (Å²) in [6, 6.07) is -0.736. The van der Waals surface area contributed by atoms with Crippen LogP contribution in [0.4, 0.5) is 4.20 Å². The van der Waals surface area contributed by atoms with Crippen LogP contribution < -0.4 is 16.3 Å². The first-order valence-corrected chi connectivity index (χ1v) is 8.74. The highest BCUT2D eigenvalue weighted by molar-refractivity contribution is 8.08. The van der Waals surface area contributed by atoms with Crippen LogP contribution in [0.5, 0.6) is 0 Å². The molecule has 0 radical (unpaired) electrons. The van der Waals surface area contributed by atoms with Gasteiger partial charge in [0.2, 0.25) is 0 Å². The van der Waals surface area contributed by atoms with E-state index in [4.69, 9.17) is 9.63 Å². The van der Waals surface area contributed by atoms with Crippen LogP contribution in [-0.2, 0) is 16.5 Å². The van der Waals surface area contributed by atoms with Gasteiger partial charge < -0.3 is 14.7 Å². The molecule has 0 saturated carbocycles. The highest BCUT2D eigenvalue weighted by atomic mass is 32.5. The Morgan fingerprint density at radius 1 is 1.67 bits per heavy atom. The lowest BCUT2D eigenvalue weighted by molar-refractivity contribution is -0.0281. The summed E-state index contributed by atoms with van der Waals surface area (Å²) in [5.41, 5.74) is -0.859. The van der Waals surface area contributed by atoms with Crippen molar-refractivity contribution in [1.29, 1.82) is 0 Å². The van der Waals surface area contributed by atoms with Gasteiger partial charge in [-0.05, 0) is 18.7 Å². The third kappa shape index (κ3) is 3.85. The first-order chi connectivity index (χ1) is 9.71. The second-order valence-corrected chi connectivity index (χ2v) is 7.48. The lowest BCUT2D eigenvalue weighted by Gasteiger charge is -2.18. The summed E-state index contributed by atoms with van der Waals surface area (Å²) in [5.74, 6) is 0. The number of aromatic amines is 1. The molecule has 21 heavy (non-hydrogen) atoms. The van der Waals surface area contributed by atoms with Crippen LogP contribution in [0.2, 0.25) is 0 Å². The minimum absolute atomic E-state index is 0.111. The Labute approximate surface area is 123 Å². The van der Waals surface area contributed by atoms with E-state index in [1.165, 1.54) is 13.1 Å². The highest BCUT2D eigenvalue weighted by Crippen LogP contribution is 2.41. The molecule has 1 aromatic heterocycles. The highest BCUT2D eigenvalue weighted by Gasteiger charge is 2.38. The summed E-state index contributed by atoms with van der Waals surface area (Å²) in [6.45, 7) is -3.07. The van der Waals surface area contributed by atoms with Crippen LogP contribution in [0.15, 0.2) is 15.8 Å². The summed E-state index contributed by atoms with van der Waals surface area (Å²) < 4.78 is 19.8. The molecule has 1 saturated heterocycles. The Kier molecular flexibility index (Phi) is 4.76. The van der Waals surface area contributed by atoms with Crippen molar-refractivity contribution in [3.05, 3.63) is 32.6 Å². The third-order valence-corrected chi connectivity index (χ3v) is 4.16. The van der Waals surface area contributed by atoms with Gasteiger partial charge in [0.05, 0.1) is 12.7 Å². The number of aryl methyl sites for hydroxylation is 1. The smallest absolute Gasteiger partial charge is 0.330 e. The quantitative estimate of drug-likeness (QED) is 0.534. The first kappa shape index (κ1) is 16.5. The number of aliphatic hydroxyl groups is 1.